The zero-order chi connectivity index (χ0) is 33.0. The second-order valence-corrected chi connectivity index (χ2v) is 12.0. The Morgan fingerprint density at radius 1 is 1.04 bits per heavy atom. The first-order valence-corrected chi connectivity index (χ1v) is 15.9. The van der Waals surface area contributed by atoms with Gasteiger partial charge in [-0.15, -0.1) is 0 Å². The van der Waals surface area contributed by atoms with Crippen LogP contribution in [0.3, 0.4) is 0 Å². The van der Waals surface area contributed by atoms with E-state index in [9.17, 15) is 4.79 Å². The number of hydrogen-bond acceptors (Lipinski definition) is 10. The molecule has 13 nitrogen and oxygen atoms in total. The van der Waals surface area contributed by atoms with Crippen LogP contribution in [0.25, 0.3) is 22.2 Å². The van der Waals surface area contributed by atoms with Crippen LogP contribution in [0.15, 0.2) is 79.4 Å². The molecule has 6 aromatic rings. The Morgan fingerprint density at radius 2 is 1.92 bits per heavy atom. The molecule has 1 fully saturated rings. The van der Waals surface area contributed by atoms with Crippen LogP contribution >= 0.6 is 0 Å². The Labute approximate surface area is 277 Å². The van der Waals surface area contributed by atoms with Crippen molar-refractivity contribution in [1.29, 1.82) is 0 Å². The summed E-state index contributed by atoms with van der Waals surface area (Å²) in [5.41, 5.74) is 6.37. The van der Waals surface area contributed by atoms with Crippen LogP contribution in [-0.4, -0.2) is 71.2 Å². The van der Waals surface area contributed by atoms with E-state index >= 15 is 0 Å². The van der Waals surface area contributed by atoms with Crippen molar-refractivity contribution >= 4 is 40.1 Å². The largest absolute Gasteiger partial charge is 0.473 e. The summed E-state index contributed by atoms with van der Waals surface area (Å²) >= 11 is 0. The van der Waals surface area contributed by atoms with Gasteiger partial charge >= 0.3 is 0 Å². The quantitative estimate of drug-likeness (QED) is 0.148. The van der Waals surface area contributed by atoms with Crippen molar-refractivity contribution in [2.45, 2.75) is 32.9 Å². The zero-order valence-corrected chi connectivity index (χ0v) is 27.1. The molecule has 1 amide bonds. The number of fused-ring (bicyclic) bond motifs is 1. The molecule has 0 spiro atoms. The molecule has 0 bridgehead atoms. The lowest BCUT2D eigenvalue weighted by Crippen LogP contribution is -2.33. The second-order valence-electron chi connectivity index (χ2n) is 12.0. The molecule has 13 heteroatoms. The number of para-hydroxylation sites is 1. The molecule has 4 N–H and O–H groups in total. The van der Waals surface area contributed by atoms with Crippen LogP contribution in [-0.2, 0) is 18.4 Å². The van der Waals surface area contributed by atoms with Crippen molar-refractivity contribution in [2.24, 2.45) is 7.05 Å². The highest BCUT2D eigenvalue weighted by atomic mass is 16.5. The second kappa shape index (κ2) is 13.5. The van der Waals surface area contributed by atoms with Crippen molar-refractivity contribution in [3.8, 4) is 17.1 Å². The Kier molecular flexibility index (Phi) is 8.67. The van der Waals surface area contributed by atoms with E-state index in [-0.39, 0.29) is 18.6 Å². The van der Waals surface area contributed by atoms with Gasteiger partial charge in [0.05, 0.1) is 23.4 Å². The third-order valence-electron chi connectivity index (χ3n) is 8.41. The molecule has 0 radical (unpaired) electrons. The monoisotopic (exact) mass is 643 g/mol. The Hall–Kier alpha value is -5.82. The van der Waals surface area contributed by atoms with Crippen molar-refractivity contribution in [3.63, 3.8) is 0 Å². The highest BCUT2D eigenvalue weighted by Gasteiger charge is 2.26. The van der Waals surface area contributed by atoms with Gasteiger partial charge in [-0.1, -0.05) is 42.5 Å². The summed E-state index contributed by atoms with van der Waals surface area (Å²) in [6.07, 6.45) is 5.95. The van der Waals surface area contributed by atoms with Gasteiger partial charge in [0.15, 0.2) is 5.82 Å². The van der Waals surface area contributed by atoms with Gasteiger partial charge in [-0.3, -0.25) is 14.4 Å². The molecular formula is C35H37N11O2. The number of hydrogen-bond donors (Lipinski definition) is 4. The molecule has 2 aromatic carbocycles. The highest BCUT2D eigenvalue weighted by Crippen LogP contribution is 2.33. The van der Waals surface area contributed by atoms with E-state index < -0.39 is 0 Å². The lowest BCUT2D eigenvalue weighted by molar-refractivity contribution is -0.117. The molecule has 1 atom stereocenters. The minimum absolute atomic E-state index is 0.0683. The fraction of sp³-hybridized carbons (Fsp3) is 0.257. The molecule has 1 saturated heterocycles. The predicted octanol–water partition coefficient (Wildman–Crippen LogP) is 5.21. The van der Waals surface area contributed by atoms with Gasteiger partial charge in [0.25, 0.3) is 0 Å². The van der Waals surface area contributed by atoms with Crippen LogP contribution < -0.4 is 20.7 Å². The smallest absolute Gasteiger partial charge is 0.238 e. The van der Waals surface area contributed by atoms with E-state index in [2.05, 4.69) is 58.0 Å². The first-order chi connectivity index (χ1) is 23.4. The van der Waals surface area contributed by atoms with Gasteiger partial charge in [0, 0.05) is 67.9 Å². The summed E-state index contributed by atoms with van der Waals surface area (Å²) in [5.74, 6) is 2.26. The summed E-state index contributed by atoms with van der Waals surface area (Å²) in [5, 5.41) is 15.0. The maximum atomic E-state index is 13.2. The third kappa shape index (κ3) is 6.95. The van der Waals surface area contributed by atoms with E-state index in [0.29, 0.717) is 42.2 Å². The summed E-state index contributed by atoms with van der Waals surface area (Å²) < 4.78 is 7.96. The van der Waals surface area contributed by atoms with E-state index in [0.717, 1.165) is 51.9 Å². The maximum absolute atomic E-state index is 13.2. The Bertz CT molecular complexity index is 2040. The number of nitrogens with zero attached hydrogens (tertiary/aromatic N) is 7. The highest BCUT2D eigenvalue weighted by molar-refractivity contribution is 6.06. The number of carbonyl (C=O) groups excluding carboxylic acids is 1. The van der Waals surface area contributed by atoms with Gasteiger partial charge in [-0.2, -0.15) is 5.10 Å². The van der Waals surface area contributed by atoms with Crippen molar-refractivity contribution in [2.75, 3.05) is 35.6 Å². The molecule has 0 saturated carbocycles. The maximum Gasteiger partial charge on any atom is 0.238 e. The normalized spacial score (nSPS) is 14.7. The number of aromatic amines is 1. The predicted molar refractivity (Wildman–Crippen MR) is 185 cm³/mol. The van der Waals surface area contributed by atoms with Gasteiger partial charge < -0.3 is 25.7 Å². The fourth-order valence-corrected chi connectivity index (χ4v) is 5.86. The molecule has 4 aromatic heterocycles. The average molecular weight is 644 g/mol. The molecule has 0 aliphatic carbocycles. The summed E-state index contributed by atoms with van der Waals surface area (Å²) in [6, 6.07) is 19.7. The van der Waals surface area contributed by atoms with Crippen LogP contribution in [0.2, 0.25) is 0 Å². The Morgan fingerprint density at radius 3 is 2.75 bits per heavy atom. The van der Waals surface area contributed by atoms with E-state index in [1.165, 1.54) is 6.33 Å². The molecule has 48 heavy (non-hydrogen) atoms. The summed E-state index contributed by atoms with van der Waals surface area (Å²) in [4.78, 5) is 36.5. The average Bonchev–Trinajstić information content (AvgIpc) is 3.80. The molecule has 5 heterocycles. The Balaban J connectivity index is 0.967. The summed E-state index contributed by atoms with van der Waals surface area (Å²) in [6.45, 7) is 6.26. The zero-order valence-electron chi connectivity index (χ0n) is 27.1. The number of ether oxygens (including phenoxy) is 1. The first-order valence-electron chi connectivity index (χ1n) is 15.9. The number of rotatable bonds is 11. The first kappa shape index (κ1) is 30.8. The lowest BCUT2D eigenvalue weighted by Gasteiger charge is -2.17. The SMILES string of the molecule is Cc1cnc(Nc2cc(C)n(C)n2)nc1-c1c[nH]c2c(NC(=O)CN3CCC(Oc4cc(NCc5ccccc5)ncn4)C3)cccc12. The number of nitrogens with one attached hydrogen (secondary N) is 4. The number of anilines is 4. The molecular weight excluding hydrogens is 606 g/mol. The van der Waals surface area contributed by atoms with Crippen molar-refractivity contribution < 1.29 is 9.53 Å². The third-order valence-corrected chi connectivity index (χ3v) is 8.41. The molecule has 1 unspecified atom stereocenters. The van der Waals surface area contributed by atoms with Crippen LogP contribution in [0.4, 0.5) is 23.3 Å². The number of aryl methyl sites for hydroxylation is 3. The van der Waals surface area contributed by atoms with Gasteiger partial charge in [-0.05, 0) is 37.5 Å². The fourth-order valence-electron chi connectivity index (χ4n) is 5.86. The minimum Gasteiger partial charge on any atom is -0.473 e. The number of likely N-dealkylation sites (tertiary alicyclic amines) is 1. The minimum atomic E-state index is -0.0934. The van der Waals surface area contributed by atoms with Gasteiger partial charge in [-0.25, -0.2) is 19.9 Å². The standard InChI is InChI=1S/C35H37N11O2/c1-22-16-38-35(42-30-14-23(2)45(3)44-30)43-33(22)27-18-37-34-26(27)10-7-11-28(34)41-31(47)20-46-13-12-25(19-46)48-32-15-29(39-21-40-32)36-17-24-8-5-4-6-9-24/h4-11,14-16,18,21,25,37H,12-13,17,19-20H2,1-3H3,(H,41,47)(H,36,39,40)(H,38,42,43,44). The van der Waals surface area contributed by atoms with E-state index in [1.54, 1.807) is 10.9 Å². The van der Waals surface area contributed by atoms with Crippen molar-refractivity contribution in [1.82, 2.24) is 39.6 Å². The van der Waals surface area contributed by atoms with Crippen LogP contribution in [0.1, 0.15) is 23.2 Å². The number of amides is 1. The lowest BCUT2D eigenvalue weighted by atomic mass is 10.1. The van der Waals surface area contributed by atoms with Crippen LogP contribution in [0.5, 0.6) is 5.88 Å². The van der Waals surface area contributed by atoms with Gasteiger partial charge in [0.1, 0.15) is 18.2 Å². The number of H-pyrrole nitrogens is 1. The van der Waals surface area contributed by atoms with Gasteiger partial charge in [0.2, 0.25) is 17.7 Å². The van der Waals surface area contributed by atoms with Crippen LogP contribution in [0, 0.1) is 13.8 Å². The molecule has 7 rings (SSSR count). The molecule has 1 aliphatic heterocycles. The number of carbonyl (C=O) groups is 1. The summed E-state index contributed by atoms with van der Waals surface area (Å²) in [7, 11) is 1.89. The van der Waals surface area contributed by atoms with E-state index in [4.69, 9.17) is 9.72 Å². The number of aromatic nitrogens is 7. The van der Waals surface area contributed by atoms with Crippen molar-refractivity contribution in [3.05, 3.63) is 96.2 Å². The molecule has 1 aliphatic rings. The topological polar surface area (TPSA) is 151 Å². The molecule has 244 valence electrons. The van der Waals surface area contributed by atoms with E-state index in [1.807, 2.05) is 75.6 Å². The number of benzene rings is 2.